The zero-order valence-corrected chi connectivity index (χ0v) is 14.8. The molecule has 0 spiro atoms. The van der Waals surface area contributed by atoms with Crippen LogP contribution in [-0.4, -0.2) is 26.1 Å². The highest BCUT2D eigenvalue weighted by Crippen LogP contribution is 2.29. The van der Waals surface area contributed by atoms with E-state index in [0.29, 0.717) is 0 Å². The first kappa shape index (κ1) is 16.2. The largest absolute Gasteiger partial charge is 0.304 e. The predicted molar refractivity (Wildman–Crippen MR) is 88.4 cm³/mol. The number of nitrogens with one attached hydrogen (secondary N) is 1. The molecule has 0 aliphatic heterocycles. The summed E-state index contributed by atoms with van der Waals surface area (Å²) in [6, 6.07) is 2.26. The van der Waals surface area contributed by atoms with Gasteiger partial charge in [0.1, 0.15) is 0 Å². The van der Waals surface area contributed by atoms with Gasteiger partial charge in [-0.05, 0) is 55.7 Å². The molecule has 6 heteroatoms. The number of hydrogen-bond donors (Lipinski definition) is 1. The molecule has 21 heavy (non-hydrogen) atoms. The van der Waals surface area contributed by atoms with E-state index < -0.39 is 0 Å². The second kappa shape index (κ2) is 7.22. The molecular formula is C15H24BrN5. The lowest BCUT2D eigenvalue weighted by Crippen LogP contribution is -2.28. The number of hydrogen-bond acceptors (Lipinski definition) is 3. The average Bonchev–Trinajstić information content (AvgIpc) is 3.03. The van der Waals surface area contributed by atoms with Gasteiger partial charge in [0.25, 0.3) is 0 Å². The van der Waals surface area contributed by atoms with Gasteiger partial charge in [0.05, 0.1) is 33.8 Å². The van der Waals surface area contributed by atoms with Crippen molar-refractivity contribution in [2.24, 2.45) is 0 Å². The fourth-order valence-corrected chi connectivity index (χ4v) is 3.12. The van der Waals surface area contributed by atoms with Gasteiger partial charge in [0, 0.05) is 13.1 Å². The summed E-state index contributed by atoms with van der Waals surface area (Å²) in [7, 11) is 0. The Morgan fingerprint density at radius 2 is 1.95 bits per heavy atom. The third-order valence-electron chi connectivity index (χ3n) is 3.53. The minimum absolute atomic E-state index is 0.0999. The van der Waals surface area contributed by atoms with E-state index in [1.807, 2.05) is 17.8 Å². The first-order chi connectivity index (χ1) is 10.1. The highest BCUT2D eigenvalue weighted by molar-refractivity contribution is 9.10. The predicted octanol–water partition coefficient (Wildman–Crippen LogP) is 3.28. The first-order valence-electron chi connectivity index (χ1n) is 7.61. The lowest BCUT2D eigenvalue weighted by Gasteiger charge is -2.21. The molecule has 5 nitrogen and oxygen atoms in total. The number of nitrogens with zero attached hydrogens (tertiary/aromatic N) is 4. The molecular weight excluding hydrogens is 330 g/mol. The standard InChI is InChI=1S/C15H24BrN5/c1-5-8-17-14(13-9-11(4)19-20(13)6-2)15-12(16)10-18-21(15)7-3/h9-10,14,17H,5-8H2,1-4H3. The van der Waals surface area contributed by atoms with Crippen molar-refractivity contribution in [3.63, 3.8) is 0 Å². The zero-order valence-electron chi connectivity index (χ0n) is 13.2. The van der Waals surface area contributed by atoms with E-state index in [0.717, 1.165) is 36.2 Å². The minimum Gasteiger partial charge on any atom is -0.304 e. The summed E-state index contributed by atoms with van der Waals surface area (Å²) in [6.07, 6.45) is 2.96. The van der Waals surface area contributed by atoms with E-state index in [1.54, 1.807) is 0 Å². The molecule has 2 aromatic heterocycles. The summed E-state index contributed by atoms with van der Waals surface area (Å²) < 4.78 is 5.15. The molecule has 0 aliphatic carbocycles. The second-order valence-electron chi connectivity index (χ2n) is 5.11. The van der Waals surface area contributed by atoms with Crippen molar-refractivity contribution in [3.8, 4) is 0 Å². The lowest BCUT2D eigenvalue weighted by atomic mass is 10.1. The van der Waals surface area contributed by atoms with Gasteiger partial charge >= 0.3 is 0 Å². The highest BCUT2D eigenvalue weighted by Gasteiger charge is 2.24. The van der Waals surface area contributed by atoms with E-state index in [4.69, 9.17) is 0 Å². The van der Waals surface area contributed by atoms with Crippen LogP contribution < -0.4 is 5.32 Å². The Hall–Kier alpha value is -1.14. The fraction of sp³-hybridized carbons (Fsp3) is 0.600. The Morgan fingerprint density at radius 3 is 2.57 bits per heavy atom. The van der Waals surface area contributed by atoms with Gasteiger partial charge in [0.2, 0.25) is 0 Å². The van der Waals surface area contributed by atoms with Crippen molar-refractivity contribution in [2.75, 3.05) is 6.54 Å². The zero-order chi connectivity index (χ0) is 15.4. The van der Waals surface area contributed by atoms with Crippen LogP contribution >= 0.6 is 15.9 Å². The van der Waals surface area contributed by atoms with Crippen molar-refractivity contribution in [2.45, 2.75) is 53.2 Å². The third-order valence-corrected chi connectivity index (χ3v) is 4.14. The average molecular weight is 354 g/mol. The summed E-state index contributed by atoms with van der Waals surface area (Å²) >= 11 is 3.65. The molecule has 2 heterocycles. The van der Waals surface area contributed by atoms with Crippen molar-refractivity contribution in [1.82, 2.24) is 24.9 Å². The molecule has 0 saturated carbocycles. The van der Waals surface area contributed by atoms with Crippen molar-refractivity contribution >= 4 is 15.9 Å². The maximum atomic E-state index is 4.58. The van der Waals surface area contributed by atoms with Crippen LogP contribution in [0.4, 0.5) is 0 Å². The van der Waals surface area contributed by atoms with Crippen LogP contribution in [0.2, 0.25) is 0 Å². The van der Waals surface area contributed by atoms with Crippen molar-refractivity contribution in [1.29, 1.82) is 0 Å². The summed E-state index contributed by atoms with van der Waals surface area (Å²) in [6.45, 7) is 11.1. The van der Waals surface area contributed by atoms with Crippen LogP contribution in [0.15, 0.2) is 16.7 Å². The Balaban J connectivity index is 2.49. The van der Waals surface area contributed by atoms with Crippen LogP contribution in [0.3, 0.4) is 0 Å². The summed E-state index contributed by atoms with van der Waals surface area (Å²) in [5, 5.41) is 12.7. The number of aryl methyl sites for hydroxylation is 3. The van der Waals surface area contributed by atoms with E-state index in [2.05, 4.69) is 63.0 Å². The molecule has 116 valence electrons. The molecule has 0 fully saturated rings. The second-order valence-corrected chi connectivity index (χ2v) is 5.96. The Morgan fingerprint density at radius 1 is 1.24 bits per heavy atom. The number of aromatic nitrogens is 4. The van der Waals surface area contributed by atoms with Gasteiger partial charge in [-0.15, -0.1) is 0 Å². The molecule has 0 saturated heterocycles. The maximum Gasteiger partial charge on any atom is 0.0930 e. The smallest absolute Gasteiger partial charge is 0.0930 e. The first-order valence-corrected chi connectivity index (χ1v) is 8.40. The molecule has 0 aromatic carbocycles. The van der Waals surface area contributed by atoms with E-state index in [-0.39, 0.29) is 6.04 Å². The quantitative estimate of drug-likeness (QED) is 0.830. The molecule has 1 unspecified atom stereocenters. The maximum absolute atomic E-state index is 4.58. The van der Waals surface area contributed by atoms with Crippen LogP contribution in [-0.2, 0) is 13.1 Å². The van der Waals surface area contributed by atoms with Crippen LogP contribution in [0, 0.1) is 6.92 Å². The molecule has 0 radical (unpaired) electrons. The van der Waals surface area contributed by atoms with Gasteiger partial charge < -0.3 is 5.32 Å². The van der Waals surface area contributed by atoms with Gasteiger partial charge in [-0.1, -0.05) is 6.92 Å². The molecule has 0 aliphatic rings. The summed E-state index contributed by atoms with van der Waals surface area (Å²) in [5.41, 5.74) is 3.41. The van der Waals surface area contributed by atoms with Crippen LogP contribution in [0.1, 0.15) is 50.3 Å². The molecule has 0 amide bonds. The Labute approximate surface area is 134 Å². The lowest BCUT2D eigenvalue weighted by molar-refractivity contribution is 0.489. The monoisotopic (exact) mass is 353 g/mol. The number of rotatable bonds is 7. The molecule has 1 atom stereocenters. The highest BCUT2D eigenvalue weighted by atomic mass is 79.9. The van der Waals surface area contributed by atoms with E-state index in [1.165, 1.54) is 11.4 Å². The fourth-order valence-electron chi connectivity index (χ4n) is 2.59. The Kier molecular flexibility index (Phi) is 5.58. The van der Waals surface area contributed by atoms with Crippen LogP contribution in [0.25, 0.3) is 0 Å². The van der Waals surface area contributed by atoms with Gasteiger partial charge in [-0.25, -0.2) is 0 Å². The summed E-state index contributed by atoms with van der Waals surface area (Å²) in [4.78, 5) is 0. The third kappa shape index (κ3) is 3.37. The van der Waals surface area contributed by atoms with E-state index in [9.17, 15) is 0 Å². The van der Waals surface area contributed by atoms with Crippen LogP contribution in [0.5, 0.6) is 0 Å². The molecule has 2 rings (SSSR count). The van der Waals surface area contributed by atoms with Gasteiger partial charge in [-0.3, -0.25) is 9.36 Å². The van der Waals surface area contributed by atoms with Gasteiger partial charge in [-0.2, -0.15) is 10.2 Å². The van der Waals surface area contributed by atoms with Crippen molar-refractivity contribution in [3.05, 3.63) is 33.8 Å². The topological polar surface area (TPSA) is 47.7 Å². The molecule has 0 bridgehead atoms. The molecule has 2 aromatic rings. The number of halogens is 1. The molecule has 1 N–H and O–H groups in total. The summed E-state index contributed by atoms with van der Waals surface area (Å²) in [5.74, 6) is 0. The van der Waals surface area contributed by atoms with Crippen molar-refractivity contribution < 1.29 is 0 Å². The Bertz CT molecular complexity index is 587. The normalized spacial score (nSPS) is 12.8. The SMILES string of the molecule is CCCNC(c1cc(C)nn1CC)c1c(Br)cnn1CC. The van der Waals surface area contributed by atoms with E-state index >= 15 is 0 Å². The minimum atomic E-state index is 0.0999. The van der Waals surface area contributed by atoms with Gasteiger partial charge in [0.15, 0.2) is 0 Å².